The van der Waals surface area contributed by atoms with Crippen LogP contribution < -0.4 is 5.32 Å². The summed E-state index contributed by atoms with van der Waals surface area (Å²) in [6.07, 6.45) is 1.75. The van der Waals surface area contributed by atoms with Crippen LogP contribution in [0.2, 0.25) is 0 Å². The van der Waals surface area contributed by atoms with Crippen LogP contribution in [0.15, 0.2) is 35.6 Å². The van der Waals surface area contributed by atoms with E-state index in [-0.39, 0.29) is 12.5 Å². The zero-order chi connectivity index (χ0) is 17.1. The van der Waals surface area contributed by atoms with Crippen molar-refractivity contribution in [2.45, 2.75) is 20.8 Å². The molecule has 6 nitrogen and oxygen atoms in total. The van der Waals surface area contributed by atoms with Crippen molar-refractivity contribution < 1.29 is 4.79 Å². The van der Waals surface area contributed by atoms with Crippen LogP contribution in [0.25, 0.3) is 11.4 Å². The van der Waals surface area contributed by atoms with E-state index >= 15 is 0 Å². The summed E-state index contributed by atoms with van der Waals surface area (Å²) in [5.41, 5.74) is 4.89. The lowest BCUT2D eigenvalue weighted by Gasteiger charge is -2.24. The van der Waals surface area contributed by atoms with Gasteiger partial charge in [0.25, 0.3) is 0 Å². The van der Waals surface area contributed by atoms with Gasteiger partial charge in [-0.2, -0.15) is 5.10 Å². The Kier molecular flexibility index (Phi) is 4.55. The minimum absolute atomic E-state index is 0.00318. The number of aryl methyl sites for hydroxylation is 2. The highest BCUT2D eigenvalue weighted by atomic mass is 16.2. The van der Waals surface area contributed by atoms with Crippen LogP contribution in [0.5, 0.6) is 0 Å². The zero-order valence-corrected chi connectivity index (χ0v) is 14.2. The molecule has 24 heavy (non-hydrogen) atoms. The molecule has 6 heteroatoms. The summed E-state index contributed by atoms with van der Waals surface area (Å²) in [6, 6.07) is 8.10. The lowest BCUT2D eigenvalue weighted by molar-refractivity contribution is -0.124. The maximum absolute atomic E-state index is 11.5. The van der Waals surface area contributed by atoms with Gasteiger partial charge in [-0.15, -0.1) is 0 Å². The number of piperazine rings is 1. The maximum Gasteiger partial charge on any atom is 0.241 e. The first kappa shape index (κ1) is 16.1. The van der Waals surface area contributed by atoms with Gasteiger partial charge in [-0.3, -0.25) is 9.80 Å². The van der Waals surface area contributed by atoms with Gasteiger partial charge in [0.15, 0.2) is 5.82 Å². The van der Waals surface area contributed by atoms with E-state index in [9.17, 15) is 4.79 Å². The van der Waals surface area contributed by atoms with Gasteiger partial charge < -0.3 is 5.32 Å². The lowest BCUT2D eigenvalue weighted by atomic mass is 10.0. The molecule has 1 aromatic carbocycles. The van der Waals surface area contributed by atoms with E-state index in [1.54, 1.807) is 11.2 Å². The van der Waals surface area contributed by atoms with Gasteiger partial charge in [-0.1, -0.05) is 17.7 Å². The van der Waals surface area contributed by atoms with Crippen LogP contribution in [0.1, 0.15) is 23.7 Å². The predicted octanol–water partition coefficient (Wildman–Crippen LogP) is 1.92. The number of rotatable bonds is 3. The SMILES string of the molecule is C/C(=N\N1CCNC(=O)C1)c1ccnc(-c2cc(C)ccc2C)n1. The van der Waals surface area contributed by atoms with Crippen molar-refractivity contribution >= 4 is 11.6 Å². The largest absolute Gasteiger partial charge is 0.353 e. The molecule has 1 aromatic heterocycles. The second kappa shape index (κ2) is 6.78. The van der Waals surface area contributed by atoms with Gasteiger partial charge in [0, 0.05) is 18.3 Å². The first-order chi connectivity index (χ1) is 11.5. The number of amides is 1. The third-order valence-corrected chi connectivity index (χ3v) is 3.97. The molecule has 0 aliphatic carbocycles. The molecule has 2 aromatic rings. The smallest absolute Gasteiger partial charge is 0.241 e. The molecular weight excluding hydrogens is 302 g/mol. The Balaban J connectivity index is 1.89. The van der Waals surface area contributed by atoms with Crippen LogP contribution in [0.3, 0.4) is 0 Å². The maximum atomic E-state index is 11.5. The number of benzene rings is 1. The molecule has 2 heterocycles. The van der Waals surface area contributed by atoms with Crippen molar-refractivity contribution in [3.05, 3.63) is 47.3 Å². The second-order valence-electron chi connectivity index (χ2n) is 6.01. The van der Waals surface area contributed by atoms with Crippen molar-refractivity contribution in [1.29, 1.82) is 0 Å². The minimum Gasteiger partial charge on any atom is -0.353 e. The van der Waals surface area contributed by atoms with Gasteiger partial charge in [0.1, 0.15) is 6.54 Å². The molecule has 1 fully saturated rings. The van der Waals surface area contributed by atoms with E-state index < -0.39 is 0 Å². The molecule has 1 amide bonds. The fraction of sp³-hybridized carbons (Fsp3) is 0.333. The van der Waals surface area contributed by atoms with Crippen molar-refractivity contribution in [2.24, 2.45) is 5.10 Å². The minimum atomic E-state index is -0.00318. The van der Waals surface area contributed by atoms with Crippen molar-refractivity contribution in [2.75, 3.05) is 19.6 Å². The summed E-state index contributed by atoms with van der Waals surface area (Å²) < 4.78 is 0. The summed E-state index contributed by atoms with van der Waals surface area (Å²) in [6.45, 7) is 7.62. The van der Waals surface area contributed by atoms with Crippen LogP contribution in [-0.4, -0.2) is 46.2 Å². The van der Waals surface area contributed by atoms with Gasteiger partial charge in [0.05, 0.1) is 18.0 Å². The Morgan fingerprint density at radius 2 is 2.12 bits per heavy atom. The molecule has 0 bridgehead atoms. The van der Waals surface area contributed by atoms with Crippen LogP contribution in [-0.2, 0) is 4.79 Å². The fourth-order valence-corrected chi connectivity index (χ4v) is 2.64. The molecule has 0 saturated carbocycles. The van der Waals surface area contributed by atoms with E-state index in [1.165, 1.54) is 5.56 Å². The van der Waals surface area contributed by atoms with Crippen molar-refractivity contribution in [1.82, 2.24) is 20.3 Å². The fourth-order valence-electron chi connectivity index (χ4n) is 2.64. The van der Waals surface area contributed by atoms with Gasteiger partial charge in [0.2, 0.25) is 5.91 Å². The first-order valence-electron chi connectivity index (χ1n) is 8.01. The number of carbonyl (C=O) groups excluding carboxylic acids is 1. The van der Waals surface area contributed by atoms with E-state index in [1.807, 2.05) is 13.0 Å². The third kappa shape index (κ3) is 3.59. The first-order valence-corrected chi connectivity index (χ1v) is 8.01. The van der Waals surface area contributed by atoms with Crippen LogP contribution >= 0.6 is 0 Å². The molecule has 1 aliphatic rings. The number of carbonyl (C=O) groups is 1. The Bertz CT molecular complexity index is 800. The highest BCUT2D eigenvalue weighted by Gasteiger charge is 2.15. The Labute approximate surface area is 141 Å². The topological polar surface area (TPSA) is 70.5 Å². The van der Waals surface area contributed by atoms with Crippen LogP contribution in [0.4, 0.5) is 0 Å². The number of nitrogens with one attached hydrogen (secondary N) is 1. The molecule has 0 atom stereocenters. The Morgan fingerprint density at radius 1 is 1.29 bits per heavy atom. The summed E-state index contributed by atoms with van der Waals surface area (Å²) in [5.74, 6) is 0.691. The number of hydrazone groups is 1. The molecule has 1 aliphatic heterocycles. The second-order valence-corrected chi connectivity index (χ2v) is 6.01. The Hall–Kier alpha value is -2.76. The molecule has 0 radical (unpaired) electrons. The summed E-state index contributed by atoms with van der Waals surface area (Å²) in [4.78, 5) is 20.5. The van der Waals surface area contributed by atoms with Gasteiger partial charge >= 0.3 is 0 Å². The van der Waals surface area contributed by atoms with E-state index in [0.717, 1.165) is 22.5 Å². The molecule has 124 valence electrons. The van der Waals surface area contributed by atoms with Crippen molar-refractivity contribution in [3.8, 4) is 11.4 Å². The highest BCUT2D eigenvalue weighted by molar-refractivity contribution is 5.97. The number of hydrogen-bond acceptors (Lipinski definition) is 5. The Morgan fingerprint density at radius 3 is 2.92 bits per heavy atom. The molecular formula is C18H21N5O. The average Bonchev–Trinajstić information content (AvgIpc) is 2.57. The lowest BCUT2D eigenvalue weighted by Crippen LogP contribution is -2.45. The standard InChI is InChI=1S/C18H21N5O/c1-12-4-5-13(2)15(10-12)18-20-7-6-16(21-18)14(3)22-23-9-8-19-17(24)11-23/h4-7,10H,8-9,11H2,1-3H3,(H,19,24)/b22-14+. The van der Waals surface area contributed by atoms with Gasteiger partial charge in [-0.25, -0.2) is 9.97 Å². The summed E-state index contributed by atoms with van der Waals surface area (Å²) >= 11 is 0. The molecule has 3 rings (SSSR count). The molecule has 0 spiro atoms. The third-order valence-electron chi connectivity index (χ3n) is 3.97. The molecule has 1 N–H and O–H groups in total. The average molecular weight is 323 g/mol. The normalized spacial score (nSPS) is 15.4. The zero-order valence-electron chi connectivity index (χ0n) is 14.2. The van der Waals surface area contributed by atoms with E-state index in [2.05, 4.69) is 52.4 Å². The quantitative estimate of drug-likeness (QED) is 0.876. The van der Waals surface area contributed by atoms with E-state index in [4.69, 9.17) is 0 Å². The summed E-state index contributed by atoms with van der Waals surface area (Å²) in [7, 11) is 0. The molecule has 0 unspecified atom stereocenters. The summed E-state index contributed by atoms with van der Waals surface area (Å²) in [5, 5.41) is 9.09. The van der Waals surface area contributed by atoms with Crippen molar-refractivity contribution in [3.63, 3.8) is 0 Å². The predicted molar refractivity (Wildman–Crippen MR) is 93.7 cm³/mol. The molecule has 1 saturated heterocycles. The number of nitrogens with zero attached hydrogens (tertiary/aromatic N) is 4. The number of aromatic nitrogens is 2. The van der Waals surface area contributed by atoms with Crippen LogP contribution in [0, 0.1) is 13.8 Å². The van der Waals surface area contributed by atoms with Gasteiger partial charge in [-0.05, 0) is 38.5 Å². The highest BCUT2D eigenvalue weighted by Crippen LogP contribution is 2.21. The number of hydrogen-bond donors (Lipinski definition) is 1. The van der Waals surface area contributed by atoms with E-state index in [0.29, 0.717) is 18.9 Å². The monoisotopic (exact) mass is 323 g/mol.